The Balaban J connectivity index is 1.93. The summed E-state index contributed by atoms with van der Waals surface area (Å²) in [6.45, 7) is -0.347. The molecule has 1 aliphatic rings. The molecule has 2 N–H and O–H groups in total. The summed E-state index contributed by atoms with van der Waals surface area (Å²) in [4.78, 5) is 37.0. The van der Waals surface area contributed by atoms with Gasteiger partial charge in [-0.1, -0.05) is 5.21 Å². The Hall–Kier alpha value is -2.79. The normalized spacial score (nSPS) is 23.3. The third-order valence-electron chi connectivity index (χ3n) is 3.83. The van der Waals surface area contributed by atoms with Gasteiger partial charge in [-0.05, 0) is 0 Å². The molecule has 0 aliphatic carbocycles. The maximum atomic E-state index is 11.9. The summed E-state index contributed by atoms with van der Waals surface area (Å²) in [6.07, 6.45) is 1.36. The first-order valence-corrected chi connectivity index (χ1v) is 7.11. The lowest BCUT2D eigenvalue weighted by Crippen LogP contribution is -2.31. The van der Waals surface area contributed by atoms with E-state index in [0.29, 0.717) is 0 Å². The Morgan fingerprint density at radius 3 is 3.00 bits per heavy atom. The number of hydrogen-bond acceptors (Lipinski definition) is 8. The number of carbonyl (C=O) groups excluding carboxylic acids is 1. The van der Waals surface area contributed by atoms with Crippen molar-refractivity contribution in [1.29, 1.82) is 0 Å². The topological polar surface area (TPSA) is 141 Å². The molecule has 0 saturated carbocycles. The lowest BCUT2D eigenvalue weighted by Gasteiger charge is -2.17. The second kappa shape index (κ2) is 6.37. The maximum absolute atomic E-state index is 11.9. The van der Waals surface area contributed by atoms with Crippen LogP contribution in [0.1, 0.15) is 29.2 Å². The van der Waals surface area contributed by atoms with Crippen LogP contribution in [0.5, 0.6) is 0 Å². The SMILES string of the molecule is COC(=O)c1cnnn1[C@H]1C[C@H](n2ccc(=O)[nH]c2=O)O[C@@H]1CO. The predicted molar refractivity (Wildman–Crippen MR) is 77.3 cm³/mol. The van der Waals surface area contributed by atoms with Crippen molar-refractivity contribution in [2.75, 3.05) is 13.7 Å². The number of esters is 1. The van der Waals surface area contributed by atoms with Gasteiger partial charge in [0.05, 0.1) is 26.0 Å². The van der Waals surface area contributed by atoms with Crippen LogP contribution in [0.15, 0.2) is 28.0 Å². The number of aromatic amines is 1. The molecular weight excluding hydrogens is 322 g/mol. The summed E-state index contributed by atoms with van der Waals surface area (Å²) in [6, 6.07) is 0.664. The highest BCUT2D eigenvalue weighted by atomic mass is 16.5. The average molecular weight is 337 g/mol. The number of methoxy groups -OCH3 is 1. The summed E-state index contributed by atoms with van der Waals surface area (Å²) in [7, 11) is 1.23. The first kappa shape index (κ1) is 16.1. The molecule has 0 spiro atoms. The van der Waals surface area contributed by atoms with Gasteiger partial charge in [0.15, 0.2) is 5.69 Å². The molecule has 0 amide bonds. The largest absolute Gasteiger partial charge is 0.464 e. The van der Waals surface area contributed by atoms with Gasteiger partial charge in [-0.3, -0.25) is 14.3 Å². The van der Waals surface area contributed by atoms with E-state index in [-0.39, 0.29) is 18.7 Å². The molecule has 3 atom stereocenters. The minimum Gasteiger partial charge on any atom is -0.464 e. The van der Waals surface area contributed by atoms with Crippen LogP contribution in [0.3, 0.4) is 0 Å². The Morgan fingerprint density at radius 2 is 2.33 bits per heavy atom. The average Bonchev–Trinajstić information content (AvgIpc) is 3.20. The van der Waals surface area contributed by atoms with E-state index in [9.17, 15) is 19.5 Å². The number of ether oxygens (including phenoxy) is 2. The first-order chi connectivity index (χ1) is 11.5. The number of nitrogens with zero attached hydrogens (tertiary/aromatic N) is 4. The maximum Gasteiger partial charge on any atom is 0.358 e. The van der Waals surface area contributed by atoms with E-state index in [1.54, 1.807) is 0 Å². The van der Waals surface area contributed by atoms with Crippen molar-refractivity contribution in [3.63, 3.8) is 0 Å². The lowest BCUT2D eigenvalue weighted by atomic mass is 10.1. The molecule has 24 heavy (non-hydrogen) atoms. The third-order valence-corrected chi connectivity index (χ3v) is 3.83. The van der Waals surface area contributed by atoms with Crippen LogP contribution in [0.4, 0.5) is 0 Å². The zero-order chi connectivity index (χ0) is 17.3. The minimum absolute atomic E-state index is 0.110. The molecule has 1 saturated heterocycles. The van der Waals surface area contributed by atoms with Crippen molar-refractivity contribution < 1.29 is 19.4 Å². The number of aromatic nitrogens is 5. The third kappa shape index (κ3) is 2.74. The van der Waals surface area contributed by atoms with Crippen LogP contribution in [-0.4, -0.2) is 55.4 Å². The fourth-order valence-corrected chi connectivity index (χ4v) is 2.70. The number of aliphatic hydroxyl groups is 1. The summed E-state index contributed by atoms with van der Waals surface area (Å²) in [5.41, 5.74) is -1.04. The van der Waals surface area contributed by atoms with Crippen molar-refractivity contribution in [1.82, 2.24) is 24.5 Å². The molecule has 11 nitrogen and oxygen atoms in total. The summed E-state index contributed by atoms with van der Waals surface area (Å²) in [5, 5.41) is 17.1. The molecule has 0 aromatic carbocycles. The van der Waals surface area contributed by atoms with Crippen molar-refractivity contribution in [2.24, 2.45) is 0 Å². The summed E-state index contributed by atoms with van der Waals surface area (Å²) in [5.74, 6) is -0.624. The van der Waals surface area contributed by atoms with Crippen molar-refractivity contribution in [2.45, 2.75) is 24.8 Å². The molecule has 0 radical (unpaired) electrons. The number of aliphatic hydroxyl groups excluding tert-OH is 1. The van der Waals surface area contributed by atoms with E-state index >= 15 is 0 Å². The number of rotatable bonds is 4. The monoisotopic (exact) mass is 337 g/mol. The minimum atomic E-state index is -0.730. The van der Waals surface area contributed by atoms with Gasteiger partial charge < -0.3 is 14.6 Å². The van der Waals surface area contributed by atoms with Crippen molar-refractivity contribution in [3.05, 3.63) is 45.0 Å². The van der Waals surface area contributed by atoms with E-state index in [4.69, 9.17) is 4.74 Å². The van der Waals surface area contributed by atoms with Crippen molar-refractivity contribution in [3.8, 4) is 0 Å². The van der Waals surface area contributed by atoms with Crippen LogP contribution in [0, 0.1) is 0 Å². The second-order valence-electron chi connectivity index (χ2n) is 5.19. The molecular formula is C13H15N5O6. The van der Waals surface area contributed by atoms with Gasteiger partial charge in [0.1, 0.15) is 12.3 Å². The second-order valence-corrected chi connectivity index (χ2v) is 5.19. The molecule has 0 unspecified atom stereocenters. The van der Waals surface area contributed by atoms with Crippen LogP contribution in [0.2, 0.25) is 0 Å². The Labute approximate surface area is 134 Å². The van der Waals surface area contributed by atoms with E-state index in [1.165, 1.54) is 34.8 Å². The van der Waals surface area contributed by atoms with Crippen LogP contribution >= 0.6 is 0 Å². The van der Waals surface area contributed by atoms with E-state index in [2.05, 4.69) is 20.0 Å². The summed E-state index contributed by atoms with van der Waals surface area (Å²) < 4.78 is 12.9. The molecule has 2 aromatic heterocycles. The van der Waals surface area contributed by atoms with Gasteiger partial charge in [0, 0.05) is 18.7 Å². The number of hydrogen-bond donors (Lipinski definition) is 2. The number of carbonyl (C=O) groups is 1. The van der Waals surface area contributed by atoms with E-state index in [0.717, 1.165) is 0 Å². The van der Waals surface area contributed by atoms with Gasteiger partial charge in [0.2, 0.25) is 0 Å². The molecule has 0 bridgehead atoms. The van der Waals surface area contributed by atoms with E-state index < -0.39 is 35.6 Å². The molecule has 11 heteroatoms. The van der Waals surface area contributed by atoms with Gasteiger partial charge in [-0.2, -0.15) is 0 Å². The summed E-state index contributed by atoms with van der Waals surface area (Å²) >= 11 is 0. The molecule has 3 rings (SSSR count). The van der Waals surface area contributed by atoms with Crippen LogP contribution < -0.4 is 11.2 Å². The molecule has 1 fully saturated rings. The standard InChI is InChI=1S/C13H15N5O6/c1-23-12(21)8-5-14-16-18(8)7-4-11(24-9(7)6-19)17-3-2-10(20)15-13(17)22/h2-3,5,7,9,11,19H,4,6H2,1H3,(H,15,20,22)/t7-,9+,11+/m0/s1. The molecule has 2 aromatic rings. The number of nitrogens with one attached hydrogen (secondary N) is 1. The van der Waals surface area contributed by atoms with E-state index in [1.807, 2.05) is 0 Å². The highest BCUT2D eigenvalue weighted by molar-refractivity contribution is 5.86. The number of H-pyrrole nitrogens is 1. The first-order valence-electron chi connectivity index (χ1n) is 7.11. The quantitative estimate of drug-likeness (QED) is 0.638. The smallest absolute Gasteiger partial charge is 0.358 e. The Morgan fingerprint density at radius 1 is 1.54 bits per heavy atom. The highest BCUT2D eigenvalue weighted by Crippen LogP contribution is 2.36. The van der Waals surface area contributed by atoms with Gasteiger partial charge >= 0.3 is 11.7 Å². The highest BCUT2D eigenvalue weighted by Gasteiger charge is 2.39. The van der Waals surface area contributed by atoms with Gasteiger partial charge in [0.25, 0.3) is 5.56 Å². The Kier molecular flexibility index (Phi) is 4.27. The van der Waals surface area contributed by atoms with Gasteiger partial charge in [-0.15, -0.1) is 5.10 Å². The molecule has 128 valence electrons. The molecule has 3 heterocycles. The Bertz CT molecular complexity index is 855. The molecule has 1 aliphatic heterocycles. The van der Waals surface area contributed by atoms with Crippen LogP contribution in [-0.2, 0) is 9.47 Å². The zero-order valence-electron chi connectivity index (χ0n) is 12.7. The fraction of sp³-hybridized carbons (Fsp3) is 0.462. The zero-order valence-corrected chi connectivity index (χ0v) is 12.7. The van der Waals surface area contributed by atoms with Crippen molar-refractivity contribution >= 4 is 5.97 Å². The predicted octanol–water partition coefficient (Wildman–Crippen LogP) is -1.56. The van der Waals surface area contributed by atoms with Crippen LogP contribution in [0.25, 0.3) is 0 Å². The lowest BCUT2D eigenvalue weighted by molar-refractivity contribution is -0.0325. The fourth-order valence-electron chi connectivity index (χ4n) is 2.70. The van der Waals surface area contributed by atoms with Gasteiger partial charge in [-0.25, -0.2) is 14.3 Å².